The number of nitrogens with zero attached hydrogens (tertiary/aromatic N) is 4. The molecule has 0 N–H and O–H groups in total. The number of amides is 1. The van der Waals surface area contributed by atoms with Crippen molar-refractivity contribution in [3.8, 4) is 11.1 Å². The molecule has 1 aliphatic carbocycles. The van der Waals surface area contributed by atoms with E-state index in [4.69, 9.17) is 0 Å². The molecule has 2 aromatic rings. The highest BCUT2D eigenvalue weighted by atomic mass is 16.2. The third kappa shape index (κ3) is 5.31. The SMILES string of the molecule is CC(C)c1cccc(-c2ccc(N3CCN(CC(=O)N4CCN(C5CCC5)CC4)CC3)cc2)c1. The lowest BCUT2D eigenvalue weighted by Crippen LogP contribution is -2.56. The number of carbonyl (C=O) groups is 1. The van der Waals surface area contributed by atoms with Crippen LogP contribution in [0.4, 0.5) is 5.69 Å². The predicted molar refractivity (Wildman–Crippen MR) is 140 cm³/mol. The van der Waals surface area contributed by atoms with E-state index < -0.39 is 0 Å². The minimum atomic E-state index is 0.315. The molecule has 3 fully saturated rings. The average molecular weight is 461 g/mol. The summed E-state index contributed by atoms with van der Waals surface area (Å²) in [7, 11) is 0. The Morgan fingerprint density at radius 2 is 1.56 bits per heavy atom. The van der Waals surface area contributed by atoms with E-state index in [2.05, 4.69) is 82.0 Å². The Morgan fingerprint density at radius 3 is 2.18 bits per heavy atom. The summed E-state index contributed by atoms with van der Waals surface area (Å²) in [6, 6.07) is 18.7. The first kappa shape index (κ1) is 23.4. The van der Waals surface area contributed by atoms with Crippen LogP contribution in [0.2, 0.25) is 0 Å². The fourth-order valence-corrected chi connectivity index (χ4v) is 5.49. The van der Waals surface area contributed by atoms with Gasteiger partial charge >= 0.3 is 0 Å². The van der Waals surface area contributed by atoms with E-state index in [0.717, 1.165) is 58.4 Å². The van der Waals surface area contributed by atoms with Gasteiger partial charge in [0.25, 0.3) is 0 Å². The highest BCUT2D eigenvalue weighted by Crippen LogP contribution is 2.27. The Bertz CT molecular complexity index is 952. The summed E-state index contributed by atoms with van der Waals surface area (Å²) < 4.78 is 0. The topological polar surface area (TPSA) is 30.0 Å². The number of rotatable bonds is 6. The molecule has 1 amide bonds. The van der Waals surface area contributed by atoms with Crippen LogP contribution in [-0.4, -0.2) is 85.6 Å². The second-order valence-corrected chi connectivity index (χ2v) is 10.6. The summed E-state index contributed by atoms with van der Waals surface area (Å²) in [4.78, 5) is 22.3. The molecule has 182 valence electrons. The van der Waals surface area contributed by atoms with E-state index >= 15 is 0 Å². The van der Waals surface area contributed by atoms with E-state index in [1.807, 2.05) is 0 Å². The largest absolute Gasteiger partial charge is 0.369 e. The maximum absolute atomic E-state index is 12.9. The van der Waals surface area contributed by atoms with Crippen molar-refractivity contribution >= 4 is 11.6 Å². The fraction of sp³-hybridized carbons (Fsp3) is 0.552. The van der Waals surface area contributed by atoms with Gasteiger partial charge in [-0.2, -0.15) is 0 Å². The van der Waals surface area contributed by atoms with Gasteiger partial charge in [0.15, 0.2) is 0 Å². The summed E-state index contributed by atoms with van der Waals surface area (Å²) in [5.74, 6) is 0.856. The molecule has 2 saturated heterocycles. The molecule has 0 radical (unpaired) electrons. The first-order valence-corrected chi connectivity index (χ1v) is 13.3. The minimum Gasteiger partial charge on any atom is -0.369 e. The second-order valence-electron chi connectivity index (χ2n) is 10.6. The van der Waals surface area contributed by atoms with Crippen molar-refractivity contribution < 1.29 is 4.79 Å². The lowest BCUT2D eigenvalue weighted by Gasteiger charge is -2.43. The molecule has 5 rings (SSSR count). The number of anilines is 1. The summed E-state index contributed by atoms with van der Waals surface area (Å²) in [6.45, 7) is 12.8. The predicted octanol–water partition coefficient (Wildman–Crippen LogP) is 4.30. The Morgan fingerprint density at radius 1 is 0.853 bits per heavy atom. The standard InChI is InChI=1S/C29H40N4O/c1-23(2)25-5-3-6-26(21-25)24-9-11-28(12-10-24)31-15-13-30(14-16-31)22-29(34)33-19-17-32(18-20-33)27-7-4-8-27/h3,5-6,9-12,21,23,27H,4,7-8,13-20,22H2,1-2H3. The molecule has 2 aromatic carbocycles. The van der Waals surface area contributed by atoms with Crippen molar-refractivity contribution in [2.75, 3.05) is 63.8 Å². The first-order valence-electron chi connectivity index (χ1n) is 13.3. The lowest BCUT2D eigenvalue weighted by molar-refractivity contribution is -0.134. The van der Waals surface area contributed by atoms with Gasteiger partial charge in [0, 0.05) is 64.1 Å². The molecule has 2 aliphatic heterocycles. The van der Waals surface area contributed by atoms with E-state index in [0.29, 0.717) is 18.4 Å². The second kappa shape index (κ2) is 10.5. The first-order chi connectivity index (χ1) is 16.6. The van der Waals surface area contributed by atoms with Crippen molar-refractivity contribution in [1.82, 2.24) is 14.7 Å². The molecule has 0 bridgehead atoms. The smallest absolute Gasteiger partial charge is 0.236 e. The van der Waals surface area contributed by atoms with Crippen LogP contribution in [0.25, 0.3) is 11.1 Å². The van der Waals surface area contributed by atoms with Gasteiger partial charge < -0.3 is 9.80 Å². The maximum atomic E-state index is 12.9. The summed E-state index contributed by atoms with van der Waals surface area (Å²) in [6.07, 6.45) is 4.09. The van der Waals surface area contributed by atoms with Gasteiger partial charge in [0.1, 0.15) is 0 Å². The van der Waals surface area contributed by atoms with Gasteiger partial charge in [-0.3, -0.25) is 14.6 Å². The van der Waals surface area contributed by atoms with Gasteiger partial charge in [0.05, 0.1) is 6.54 Å². The maximum Gasteiger partial charge on any atom is 0.236 e. The van der Waals surface area contributed by atoms with Crippen LogP contribution in [0.3, 0.4) is 0 Å². The van der Waals surface area contributed by atoms with E-state index in [9.17, 15) is 4.79 Å². The lowest BCUT2D eigenvalue weighted by atomic mass is 9.91. The molecule has 3 aliphatic rings. The van der Waals surface area contributed by atoms with Crippen LogP contribution in [0.1, 0.15) is 44.6 Å². The molecule has 2 heterocycles. The molecule has 0 spiro atoms. The fourth-order valence-electron chi connectivity index (χ4n) is 5.49. The molecule has 0 unspecified atom stereocenters. The van der Waals surface area contributed by atoms with E-state index in [-0.39, 0.29) is 0 Å². The molecule has 1 saturated carbocycles. The molecular formula is C29H40N4O. The zero-order valence-electron chi connectivity index (χ0n) is 21.0. The van der Waals surface area contributed by atoms with Crippen molar-refractivity contribution in [1.29, 1.82) is 0 Å². The number of hydrogen-bond acceptors (Lipinski definition) is 4. The third-order valence-corrected chi connectivity index (χ3v) is 8.11. The summed E-state index contributed by atoms with van der Waals surface area (Å²) in [5, 5.41) is 0. The van der Waals surface area contributed by atoms with Crippen molar-refractivity contribution in [3.05, 3.63) is 54.1 Å². The van der Waals surface area contributed by atoms with Crippen LogP contribution < -0.4 is 4.90 Å². The number of hydrogen-bond donors (Lipinski definition) is 0. The summed E-state index contributed by atoms with van der Waals surface area (Å²) in [5.41, 5.74) is 5.22. The van der Waals surface area contributed by atoms with Gasteiger partial charge in [-0.25, -0.2) is 0 Å². The Labute approximate surface area is 205 Å². The molecular weight excluding hydrogens is 420 g/mol. The summed E-state index contributed by atoms with van der Waals surface area (Å²) >= 11 is 0. The van der Waals surface area contributed by atoms with Crippen LogP contribution in [0.5, 0.6) is 0 Å². The van der Waals surface area contributed by atoms with Gasteiger partial charge in [0.2, 0.25) is 5.91 Å². The van der Waals surface area contributed by atoms with Gasteiger partial charge in [-0.15, -0.1) is 0 Å². The van der Waals surface area contributed by atoms with Crippen LogP contribution in [0.15, 0.2) is 48.5 Å². The van der Waals surface area contributed by atoms with Gasteiger partial charge in [-0.05, 0) is 47.6 Å². The normalized spacial score (nSPS) is 20.6. The highest BCUT2D eigenvalue weighted by Gasteiger charge is 2.30. The number of carbonyl (C=O) groups excluding carboxylic acids is 1. The monoisotopic (exact) mass is 460 g/mol. The molecule has 5 nitrogen and oxygen atoms in total. The molecule has 0 aromatic heterocycles. The zero-order valence-corrected chi connectivity index (χ0v) is 21.0. The highest BCUT2D eigenvalue weighted by molar-refractivity contribution is 5.78. The average Bonchev–Trinajstić information content (AvgIpc) is 2.84. The minimum absolute atomic E-state index is 0.315. The third-order valence-electron chi connectivity index (χ3n) is 8.11. The van der Waals surface area contributed by atoms with Crippen LogP contribution >= 0.6 is 0 Å². The molecule has 0 atom stereocenters. The van der Waals surface area contributed by atoms with Crippen molar-refractivity contribution in [2.24, 2.45) is 0 Å². The van der Waals surface area contributed by atoms with Crippen molar-refractivity contribution in [2.45, 2.75) is 45.1 Å². The van der Waals surface area contributed by atoms with Gasteiger partial charge in [-0.1, -0.05) is 56.7 Å². The van der Waals surface area contributed by atoms with Crippen molar-refractivity contribution in [3.63, 3.8) is 0 Å². The molecule has 5 heteroatoms. The zero-order chi connectivity index (χ0) is 23.5. The Kier molecular flexibility index (Phi) is 7.21. The van der Waals surface area contributed by atoms with E-state index in [1.165, 1.54) is 41.6 Å². The van der Waals surface area contributed by atoms with Crippen LogP contribution in [-0.2, 0) is 4.79 Å². The van der Waals surface area contributed by atoms with Crippen LogP contribution in [0, 0.1) is 0 Å². The molecule has 34 heavy (non-hydrogen) atoms. The quantitative estimate of drug-likeness (QED) is 0.643. The Balaban J connectivity index is 1.09. The van der Waals surface area contributed by atoms with E-state index in [1.54, 1.807) is 0 Å². The number of piperazine rings is 2. The Hall–Kier alpha value is -2.37. The number of benzene rings is 2.